The van der Waals surface area contributed by atoms with Crippen molar-refractivity contribution in [3.05, 3.63) is 34.3 Å². The predicted octanol–water partition coefficient (Wildman–Crippen LogP) is 2.83. The first-order chi connectivity index (χ1) is 7.07. The lowest BCUT2D eigenvalue weighted by Crippen LogP contribution is -2.19. The summed E-state index contributed by atoms with van der Waals surface area (Å²) >= 11 is 9.16. The van der Waals surface area contributed by atoms with Crippen LogP contribution in [-0.2, 0) is 0 Å². The van der Waals surface area contributed by atoms with Crippen LogP contribution in [0.2, 0.25) is 5.02 Å². The van der Waals surface area contributed by atoms with Gasteiger partial charge in [-0.2, -0.15) is 0 Å². The van der Waals surface area contributed by atoms with Crippen LogP contribution in [0.25, 0.3) is 0 Å². The molecule has 0 aliphatic carbocycles. The Balaban J connectivity index is 2.90. The van der Waals surface area contributed by atoms with Crippen molar-refractivity contribution in [1.82, 2.24) is 0 Å². The molecule has 0 aromatic heterocycles. The monoisotopic (exact) mass is 292 g/mol. The highest BCUT2D eigenvalue weighted by molar-refractivity contribution is 9.09. The second-order valence-electron chi connectivity index (χ2n) is 3.44. The second-order valence-corrected chi connectivity index (χ2v) is 4.64. The summed E-state index contributed by atoms with van der Waals surface area (Å²) in [6.45, 7) is 1.84. The van der Waals surface area contributed by atoms with Gasteiger partial charge in [0.05, 0.1) is 6.10 Å². The van der Waals surface area contributed by atoms with Crippen LogP contribution < -0.4 is 0 Å². The Hall–Kier alpha value is -0.0900. The Morgan fingerprint density at radius 2 is 2.07 bits per heavy atom. The Labute approximate surface area is 103 Å². The highest BCUT2D eigenvalue weighted by Gasteiger charge is 2.19. The summed E-state index contributed by atoms with van der Waals surface area (Å²) in [5.74, 6) is 0. The van der Waals surface area contributed by atoms with Crippen molar-refractivity contribution in [2.45, 2.75) is 25.6 Å². The smallest absolute Gasteiger partial charge is 0.105 e. The predicted molar refractivity (Wildman–Crippen MR) is 65.6 cm³/mol. The van der Waals surface area contributed by atoms with Gasteiger partial charge in [-0.3, -0.25) is 0 Å². The van der Waals surface area contributed by atoms with Gasteiger partial charge in [0.25, 0.3) is 0 Å². The maximum absolute atomic E-state index is 9.90. The minimum atomic E-state index is -0.874. The van der Waals surface area contributed by atoms with Crippen LogP contribution in [-0.4, -0.2) is 21.6 Å². The normalized spacial score (nSPS) is 15.0. The van der Waals surface area contributed by atoms with Crippen molar-refractivity contribution < 1.29 is 10.2 Å². The largest absolute Gasteiger partial charge is 0.390 e. The molecule has 15 heavy (non-hydrogen) atoms. The van der Waals surface area contributed by atoms with Gasteiger partial charge in [-0.25, -0.2) is 0 Å². The molecule has 4 heteroatoms. The van der Waals surface area contributed by atoms with Crippen LogP contribution >= 0.6 is 27.5 Å². The van der Waals surface area contributed by atoms with E-state index < -0.39 is 12.2 Å². The molecule has 0 radical (unpaired) electrons. The SMILES string of the molecule is Cc1c(Cl)cccc1C(O)C(O)CCBr. The molecule has 1 aromatic rings. The third kappa shape index (κ3) is 3.18. The molecule has 0 fully saturated rings. The van der Waals surface area contributed by atoms with Gasteiger partial charge in [-0.15, -0.1) is 0 Å². The van der Waals surface area contributed by atoms with E-state index in [0.29, 0.717) is 22.3 Å². The summed E-state index contributed by atoms with van der Waals surface area (Å²) in [7, 11) is 0. The summed E-state index contributed by atoms with van der Waals surface area (Å²) in [4.78, 5) is 0. The van der Waals surface area contributed by atoms with Crippen LogP contribution in [0.5, 0.6) is 0 Å². The highest BCUT2D eigenvalue weighted by atomic mass is 79.9. The minimum Gasteiger partial charge on any atom is -0.390 e. The van der Waals surface area contributed by atoms with E-state index in [4.69, 9.17) is 11.6 Å². The number of hydrogen-bond donors (Lipinski definition) is 2. The molecular weight excluding hydrogens is 279 g/mol. The van der Waals surface area contributed by atoms with Gasteiger partial charge in [0, 0.05) is 10.4 Å². The number of aliphatic hydroxyl groups is 2. The Morgan fingerprint density at radius 3 is 2.67 bits per heavy atom. The lowest BCUT2D eigenvalue weighted by Gasteiger charge is -2.19. The zero-order valence-electron chi connectivity index (χ0n) is 8.45. The first kappa shape index (κ1) is 13.0. The average Bonchev–Trinajstić information content (AvgIpc) is 2.21. The van der Waals surface area contributed by atoms with Crippen molar-refractivity contribution in [2.24, 2.45) is 0 Å². The quantitative estimate of drug-likeness (QED) is 0.838. The second kappa shape index (κ2) is 5.85. The van der Waals surface area contributed by atoms with Gasteiger partial charge in [-0.1, -0.05) is 39.7 Å². The lowest BCUT2D eigenvalue weighted by molar-refractivity contribution is 0.0170. The van der Waals surface area contributed by atoms with Crippen LogP contribution in [0, 0.1) is 6.92 Å². The van der Waals surface area contributed by atoms with Crippen molar-refractivity contribution in [3.8, 4) is 0 Å². The summed E-state index contributed by atoms with van der Waals surface area (Å²) in [6.07, 6.45) is -1.13. The van der Waals surface area contributed by atoms with E-state index in [9.17, 15) is 10.2 Å². The molecule has 2 nitrogen and oxygen atoms in total. The van der Waals surface area contributed by atoms with Gasteiger partial charge in [0.1, 0.15) is 6.10 Å². The average molecular weight is 294 g/mol. The molecule has 1 rings (SSSR count). The molecule has 0 heterocycles. The number of alkyl halides is 1. The van der Waals surface area contributed by atoms with E-state index >= 15 is 0 Å². The van der Waals surface area contributed by atoms with Crippen LogP contribution in [0.1, 0.15) is 23.7 Å². The van der Waals surface area contributed by atoms with Crippen molar-refractivity contribution in [2.75, 3.05) is 5.33 Å². The molecule has 2 N–H and O–H groups in total. The third-order valence-electron chi connectivity index (χ3n) is 2.40. The first-order valence-electron chi connectivity index (χ1n) is 4.75. The number of halogens is 2. The fraction of sp³-hybridized carbons (Fsp3) is 0.455. The number of aliphatic hydroxyl groups excluding tert-OH is 2. The van der Waals surface area contributed by atoms with Crippen molar-refractivity contribution in [3.63, 3.8) is 0 Å². The van der Waals surface area contributed by atoms with Gasteiger partial charge < -0.3 is 10.2 Å². The molecule has 0 saturated carbocycles. The van der Waals surface area contributed by atoms with E-state index in [1.165, 1.54) is 0 Å². The Bertz CT molecular complexity index is 330. The molecule has 0 saturated heterocycles. The fourth-order valence-electron chi connectivity index (χ4n) is 1.42. The highest BCUT2D eigenvalue weighted by Crippen LogP contribution is 2.27. The summed E-state index contributed by atoms with van der Waals surface area (Å²) < 4.78 is 0. The molecule has 0 spiro atoms. The van der Waals surface area contributed by atoms with E-state index in [1.54, 1.807) is 18.2 Å². The lowest BCUT2D eigenvalue weighted by atomic mass is 9.98. The molecule has 2 atom stereocenters. The van der Waals surface area contributed by atoms with E-state index in [0.717, 1.165) is 5.56 Å². The fourth-order valence-corrected chi connectivity index (χ4v) is 2.07. The van der Waals surface area contributed by atoms with Crippen LogP contribution in [0.3, 0.4) is 0 Å². The third-order valence-corrected chi connectivity index (χ3v) is 3.26. The van der Waals surface area contributed by atoms with Crippen LogP contribution in [0.4, 0.5) is 0 Å². The molecule has 1 aromatic carbocycles. The van der Waals surface area contributed by atoms with Gasteiger partial charge in [-0.05, 0) is 30.5 Å². The summed E-state index contributed by atoms with van der Waals surface area (Å²) in [6, 6.07) is 5.32. The molecule has 0 amide bonds. The molecule has 0 aliphatic heterocycles. The molecular formula is C11H14BrClO2. The van der Waals surface area contributed by atoms with E-state index in [-0.39, 0.29) is 0 Å². The standard InChI is InChI=1S/C11H14BrClO2/c1-7-8(3-2-4-9(7)13)11(15)10(14)5-6-12/h2-4,10-11,14-15H,5-6H2,1H3. The minimum absolute atomic E-state index is 0.507. The molecule has 84 valence electrons. The van der Waals surface area contributed by atoms with Gasteiger partial charge >= 0.3 is 0 Å². The summed E-state index contributed by atoms with van der Waals surface area (Å²) in [5.41, 5.74) is 1.51. The van der Waals surface area contributed by atoms with Crippen molar-refractivity contribution in [1.29, 1.82) is 0 Å². The van der Waals surface area contributed by atoms with Gasteiger partial charge in [0.15, 0.2) is 0 Å². The van der Waals surface area contributed by atoms with E-state index in [2.05, 4.69) is 15.9 Å². The molecule has 0 aliphatic rings. The Morgan fingerprint density at radius 1 is 1.40 bits per heavy atom. The topological polar surface area (TPSA) is 40.5 Å². The zero-order chi connectivity index (χ0) is 11.4. The number of benzene rings is 1. The van der Waals surface area contributed by atoms with Crippen LogP contribution in [0.15, 0.2) is 18.2 Å². The Kier molecular flexibility index (Phi) is 5.06. The zero-order valence-corrected chi connectivity index (χ0v) is 10.8. The molecule has 2 unspecified atom stereocenters. The van der Waals surface area contributed by atoms with Gasteiger partial charge in [0.2, 0.25) is 0 Å². The molecule has 0 bridgehead atoms. The van der Waals surface area contributed by atoms with E-state index in [1.807, 2.05) is 6.92 Å². The number of rotatable bonds is 4. The maximum atomic E-state index is 9.90. The maximum Gasteiger partial charge on any atom is 0.105 e. The first-order valence-corrected chi connectivity index (χ1v) is 6.25. The summed E-state index contributed by atoms with van der Waals surface area (Å²) in [5, 5.41) is 20.8. The number of hydrogen-bond acceptors (Lipinski definition) is 2. The van der Waals surface area contributed by atoms with Crippen molar-refractivity contribution >= 4 is 27.5 Å².